The van der Waals surface area contributed by atoms with E-state index in [1.54, 1.807) is 11.1 Å². The molecule has 1 atom stereocenters. The molecular weight excluding hydrogens is 367 g/mol. The van der Waals surface area contributed by atoms with Gasteiger partial charge in [-0.1, -0.05) is 42.8 Å². The number of hydrogen-bond donors (Lipinski definition) is 0. The zero-order chi connectivity index (χ0) is 15.5. The second-order valence-electron chi connectivity index (χ2n) is 6.49. The standard InChI is InChI=1S/C18H17.C5H5.Zr/c1-2-8-15-14(5-1)11-12-18(15)17-10-4-9-16(17)13-6-3-7-13;1-2-4-5-3-1;/h1-2,4-5,8-13,18H,3,6-7H2;1-5H;/q2*-1;+2. The Kier molecular flexibility index (Phi) is 5.85. The minimum Gasteiger partial charge on any atom is -0.214 e. The molecule has 5 rings (SSSR count). The van der Waals surface area contributed by atoms with Crippen LogP contribution in [0.1, 0.15) is 53.4 Å². The third-order valence-electron chi connectivity index (χ3n) is 5.12. The molecule has 0 N–H and O–H groups in total. The summed E-state index contributed by atoms with van der Waals surface area (Å²) in [5, 5.41) is 0. The van der Waals surface area contributed by atoms with E-state index in [2.05, 4.69) is 54.6 Å². The van der Waals surface area contributed by atoms with Gasteiger partial charge >= 0.3 is 26.2 Å². The largest absolute Gasteiger partial charge is 2.00 e. The molecule has 0 amide bonds. The van der Waals surface area contributed by atoms with Gasteiger partial charge in [0.25, 0.3) is 0 Å². The Morgan fingerprint density at radius 2 is 1.71 bits per heavy atom. The van der Waals surface area contributed by atoms with Gasteiger partial charge in [0.1, 0.15) is 0 Å². The molecule has 2 aliphatic rings. The van der Waals surface area contributed by atoms with Crippen LogP contribution >= 0.6 is 0 Å². The van der Waals surface area contributed by atoms with Crippen molar-refractivity contribution >= 4 is 6.08 Å². The smallest absolute Gasteiger partial charge is 0.214 e. The fourth-order valence-electron chi connectivity index (χ4n) is 3.66. The van der Waals surface area contributed by atoms with Gasteiger partial charge in [0.2, 0.25) is 0 Å². The molecule has 1 saturated carbocycles. The first-order chi connectivity index (χ1) is 11.4. The van der Waals surface area contributed by atoms with Crippen molar-refractivity contribution in [2.24, 2.45) is 0 Å². The number of rotatable bonds is 2. The quantitative estimate of drug-likeness (QED) is 0.455. The summed E-state index contributed by atoms with van der Waals surface area (Å²) in [6, 6.07) is 25.7. The SMILES string of the molecule is C1=CC([c-]2cccc2C2CCC2)c2ccccc21.[Zr+2].c1cc[cH-]c1. The molecule has 0 aromatic heterocycles. The summed E-state index contributed by atoms with van der Waals surface area (Å²) in [6.07, 6.45) is 8.82. The van der Waals surface area contributed by atoms with E-state index in [9.17, 15) is 0 Å². The molecule has 0 nitrogen and oxygen atoms in total. The van der Waals surface area contributed by atoms with Crippen molar-refractivity contribution in [2.75, 3.05) is 0 Å². The summed E-state index contributed by atoms with van der Waals surface area (Å²) in [5.74, 6) is 1.32. The summed E-state index contributed by atoms with van der Waals surface area (Å²) in [6.45, 7) is 0. The molecule has 118 valence electrons. The van der Waals surface area contributed by atoms with Gasteiger partial charge in [-0.05, 0) is 35.8 Å². The van der Waals surface area contributed by atoms with Crippen LogP contribution in [0.4, 0.5) is 0 Å². The first-order valence-electron chi connectivity index (χ1n) is 8.63. The summed E-state index contributed by atoms with van der Waals surface area (Å²) >= 11 is 0. The summed E-state index contributed by atoms with van der Waals surface area (Å²) in [5.41, 5.74) is 6.01. The van der Waals surface area contributed by atoms with Crippen molar-refractivity contribution in [3.05, 3.63) is 101 Å². The number of fused-ring (bicyclic) bond motifs is 1. The van der Waals surface area contributed by atoms with Crippen molar-refractivity contribution < 1.29 is 26.2 Å². The molecule has 0 heterocycles. The number of hydrogen-bond acceptors (Lipinski definition) is 0. The topological polar surface area (TPSA) is 0 Å². The monoisotopic (exact) mass is 388 g/mol. The van der Waals surface area contributed by atoms with Gasteiger partial charge in [-0.15, -0.1) is 5.56 Å². The van der Waals surface area contributed by atoms with E-state index in [0.717, 1.165) is 5.92 Å². The summed E-state index contributed by atoms with van der Waals surface area (Å²) < 4.78 is 0. The van der Waals surface area contributed by atoms with Gasteiger partial charge in [0.15, 0.2) is 0 Å². The molecule has 0 aliphatic heterocycles. The molecule has 2 aliphatic carbocycles. The van der Waals surface area contributed by atoms with E-state index in [0.29, 0.717) is 5.92 Å². The second-order valence-corrected chi connectivity index (χ2v) is 6.49. The van der Waals surface area contributed by atoms with Crippen molar-refractivity contribution in [1.29, 1.82) is 0 Å². The Bertz CT molecular complexity index is 755. The zero-order valence-electron chi connectivity index (χ0n) is 13.9. The van der Waals surface area contributed by atoms with Crippen LogP contribution in [0.3, 0.4) is 0 Å². The molecule has 0 saturated heterocycles. The Labute approximate surface area is 164 Å². The van der Waals surface area contributed by atoms with E-state index < -0.39 is 0 Å². The van der Waals surface area contributed by atoms with Crippen LogP contribution in [0.15, 0.2) is 78.9 Å². The molecule has 3 aromatic rings. The van der Waals surface area contributed by atoms with Crippen LogP contribution < -0.4 is 0 Å². The molecular formula is C23H22Zr. The van der Waals surface area contributed by atoms with E-state index in [1.807, 2.05) is 30.3 Å². The molecule has 0 radical (unpaired) electrons. The number of benzene rings is 1. The van der Waals surface area contributed by atoms with Crippen LogP contribution in [-0.2, 0) is 26.2 Å². The third-order valence-corrected chi connectivity index (χ3v) is 5.12. The fourth-order valence-corrected chi connectivity index (χ4v) is 3.66. The van der Waals surface area contributed by atoms with Gasteiger partial charge in [0, 0.05) is 0 Å². The van der Waals surface area contributed by atoms with Crippen LogP contribution in [-0.4, -0.2) is 0 Å². The van der Waals surface area contributed by atoms with Gasteiger partial charge in [0.05, 0.1) is 0 Å². The first kappa shape index (κ1) is 17.4. The zero-order valence-corrected chi connectivity index (χ0v) is 16.3. The predicted octanol–water partition coefficient (Wildman–Crippen LogP) is 6.23. The molecule has 0 bridgehead atoms. The Hall–Kier alpha value is -1.46. The third kappa shape index (κ3) is 3.47. The number of allylic oxidation sites excluding steroid dienone is 1. The average molecular weight is 390 g/mol. The van der Waals surface area contributed by atoms with Gasteiger partial charge in [-0.3, -0.25) is 0 Å². The van der Waals surface area contributed by atoms with Crippen LogP contribution in [0.25, 0.3) is 6.08 Å². The van der Waals surface area contributed by atoms with Gasteiger partial charge in [-0.2, -0.15) is 29.8 Å². The van der Waals surface area contributed by atoms with E-state index in [1.165, 1.54) is 30.4 Å². The first-order valence-corrected chi connectivity index (χ1v) is 8.63. The fraction of sp³-hybridized carbons (Fsp3) is 0.217. The van der Waals surface area contributed by atoms with Crippen LogP contribution in [0, 0.1) is 0 Å². The van der Waals surface area contributed by atoms with E-state index in [4.69, 9.17) is 0 Å². The molecule has 24 heavy (non-hydrogen) atoms. The van der Waals surface area contributed by atoms with Gasteiger partial charge in [-0.25, -0.2) is 24.3 Å². The van der Waals surface area contributed by atoms with Crippen molar-refractivity contribution in [3.8, 4) is 0 Å². The van der Waals surface area contributed by atoms with Crippen LogP contribution in [0.2, 0.25) is 0 Å². The Balaban J connectivity index is 0.000000245. The van der Waals surface area contributed by atoms with Gasteiger partial charge < -0.3 is 0 Å². The Morgan fingerprint density at radius 3 is 2.38 bits per heavy atom. The molecule has 1 unspecified atom stereocenters. The minimum atomic E-state index is 0. The van der Waals surface area contributed by atoms with E-state index in [-0.39, 0.29) is 26.2 Å². The normalized spacial score (nSPS) is 18.1. The van der Waals surface area contributed by atoms with Crippen molar-refractivity contribution in [3.63, 3.8) is 0 Å². The minimum absolute atomic E-state index is 0. The van der Waals surface area contributed by atoms with Crippen molar-refractivity contribution in [1.82, 2.24) is 0 Å². The predicted molar refractivity (Wildman–Crippen MR) is 98.0 cm³/mol. The Morgan fingerprint density at radius 1 is 0.917 bits per heavy atom. The second kappa shape index (κ2) is 8.08. The summed E-state index contributed by atoms with van der Waals surface area (Å²) in [7, 11) is 0. The molecule has 1 heteroatoms. The maximum Gasteiger partial charge on any atom is 2.00 e. The molecule has 1 fully saturated rings. The average Bonchev–Trinajstić information content (AvgIpc) is 3.28. The van der Waals surface area contributed by atoms with Crippen LogP contribution in [0.5, 0.6) is 0 Å². The summed E-state index contributed by atoms with van der Waals surface area (Å²) in [4.78, 5) is 0. The molecule has 3 aromatic carbocycles. The maximum absolute atomic E-state index is 2.36. The molecule has 0 spiro atoms. The van der Waals surface area contributed by atoms with Crippen molar-refractivity contribution in [2.45, 2.75) is 31.1 Å². The van der Waals surface area contributed by atoms with E-state index >= 15 is 0 Å². The maximum atomic E-state index is 2.36.